The van der Waals surface area contributed by atoms with E-state index in [0.717, 1.165) is 17.9 Å². The number of ether oxygens (including phenoxy) is 1. The van der Waals surface area contributed by atoms with E-state index in [1.165, 1.54) is 12.1 Å². The summed E-state index contributed by atoms with van der Waals surface area (Å²) in [5.41, 5.74) is 0.927. The first-order valence-electron chi connectivity index (χ1n) is 6.93. The second kappa shape index (κ2) is 7.80. The van der Waals surface area contributed by atoms with E-state index in [4.69, 9.17) is 4.74 Å². The minimum Gasteiger partial charge on any atom is -0.383 e. The van der Waals surface area contributed by atoms with Gasteiger partial charge in [-0.1, -0.05) is 12.1 Å². The van der Waals surface area contributed by atoms with Crippen LogP contribution in [0.25, 0.3) is 0 Å². The van der Waals surface area contributed by atoms with Crippen LogP contribution in [0.15, 0.2) is 24.3 Å². The van der Waals surface area contributed by atoms with Crippen molar-refractivity contribution < 1.29 is 9.13 Å². The molecule has 1 aromatic carbocycles. The number of hydrogen-bond acceptors (Lipinski definition) is 5. The van der Waals surface area contributed by atoms with Crippen molar-refractivity contribution in [3.05, 3.63) is 41.5 Å². The van der Waals surface area contributed by atoms with Crippen molar-refractivity contribution in [3.63, 3.8) is 0 Å². The monoisotopic (exact) mass is 293 g/mol. The maximum absolute atomic E-state index is 13.1. The highest BCUT2D eigenvalue weighted by Gasteiger charge is 2.13. The topological polar surface area (TPSA) is 64.9 Å². The highest BCUT2D eigenvalue weighted by atomic mass is 19.1. The van der Waals surface area contributed by atoms with Gasteiger partial charge in [0.2, 0.25) is 0 Å². The van der Waals surface area contributed by atoms with E-state index in [-0.39, 0.29) is 11.9 Å². The van der Waals surface area contributed by atoms with Gasteiger partial charge in [-0.2, -0.15) is 0 Å². The van der Waals surface area contributed by atoms with Gasteiger partial charge in [0.05, 0.1) is 12.6 Å². The Morgan fingerprint density at radius 2 is 2.29 bits per heavy atom. The van der Waals surface area contributed by atoms with E-state index in [0.29, 0.717) is 19.6 Å². The maximum Gasteiger partial charge on any atom is 0.167 e. The molecule has 1 N–H and O–H groups in total. The Kier molecular flexibility index (Phi) is 5.77. The van der Waals surface area contributed by atoms with Crippen LogP contribution in [-0.4, -0.2) is 40.5 Å². The third-order valence-corrected chi connectivity index (χ3v) is 3.20. The molecule has 2 aromatic rings. The molecule has 1 heterocycles. The average molecular weight is 293 g/mol. The molecule has 0 spiro atoms. The number of tetrazole rings is 1. The van der Waals surface area contributed by atoms with Crippen LogP contribution in [0.4, 0.5) is 4.39 Å². The Morgan fingerprint density at radius 1 is 1.43 bits per heavy atom. The lowest BCUT2D eigenvalue weighted by molar-refractivity contribution is 0.195. The summed E-state index contributed by atoms with van der Waals surface area (Å²) in [6.45, 7) is 3.98. The van der Waals surface area contributed by atoms with Gasteiger partial charge in [-0.05, 0) is 41.5 Å². The van der Waals surface area contributed by atoms with Crippen molar-refractivity contribution in [3.8, 4) is 0 Å². The molecule has 114 valence electrons. The zero-order valence-corrected chi connectivity index (χ0v) is 12.3. The van der Waals surface area contributed by atoms with Crippen molar-refractivity contribution in [2.45, 2.75) is 25.9 Å². The minimum absolute atomic E-state index is 0.0302. The first-order chi connectivity index (χ1) is 10.2. The molecule has 1 atom stereocenters. The van der Waals surface area contributed by atoms with Crippen LogP contribution < -0.4 is 5.32 Å². The number of rotatable bonds is 8. The molecule has 0 saturated heterocycles. The third-order valence-electron chi connectivity index (χ3n) is 3.20. The van der Waals surface area contributed by atoms with Crippen molar-refractivity contribution in [1.82, 2.24) is 25.5 Å². The first kappa shape index (κ1) is 15.5. The van der Waals surface area contributed by atoms with Gasteiger partial charge in [-0.25, -0.2) is 9.07 Å². The fourth-order valence-electron chi connectivity index (χ4n) is 2.08. The van der Waals surface area contributed by atoms with Gasteiger partial charge < -0.3 is 10.1 Å². The first-order valence-corrected chi connectivity index (χ1v) is 6.93. The summed E-state index contributed by atoms with van der Waals surface area (Å²) < 4.78 is 19.9. The van der Waals surface area contributed by atoms with Crippen molar-refractivity contribution in [2.75, 3.05) is 20.3 Å². The molecule has 0 aliphatic heterocycles. The number of nitrogens with one attached hydrogen (secondary N) is 1. The number of halogens is 1. The Bertz CT molecular complexity index is 560. The highest BCUT2D eigenvalue weighted by molar-refractivity contribution is 5.16. The highest BCUT2D eigenvalue weighted by Crippen LogP contribution is 2.09. The van der Waals surface area contributed by atoms with E-state index in [9.17, 15) is 4.39 Å². The van der Waals surface area contributed by atoms with Crippen LogP contribution in [-0.2, 0) is 17.7 Å². The zero-order valence-electron chi connectivity index (χ0n) is 12.3. The molecule has 1 aromatic heterocycles. The molecular formula is C14H20FN5O. The largest absolute Gasteiger partial charge is 0.383 e. The van der Waals surface area contributed by atoms with E-state index in [1.54, 1.807) is 17.9 Å². The van der Waals surface area contributed by atoms with Crippen LogP contribution in [0.1, 0.15) is 24.4 Å². The predicted octanol–water partition coefficient (Wildman–Crippen LogP) is 1.35. The van der Waals surface area contributed by atoms with Gasteiger partial charge in [0.1, 0.15) is 5.82 Å². The molecule has 2 rings (SSSR count). The molecule has 0 radical (unpaired) electrons. The predicted molar refractivity (Wildman–Crippen MR) is 76.2 cm³/mol. The van der Waals surface area contributed by atoms with E-state index in [1.807, 2.05) is 13.0 Å². The second-order valence-electron chi connectivity index (χ2n) is 4.81. The van der Waals surface area contributed by atoms with Gasteiger partial charge in [-0.15, -0.1) is 5.10 Å². The Morgan fingerprint density at radius 3 is 3.05 bits per heavy atom. The smallest absolute Gasteiger partial charge is 0.167 e. The Labute approximate surface area is 123 Å². The van der Waals surface area contributed by atoms with Gasteiger partial charge in [-0.3, -0.25) is 0 Å². The average Bonchev–Trinajstić information content (AvgIpc) is 2.94. The number of aromatic nitrogens is 4. The molecule has 1 unspecified atom stereocenters. The fourth-order valence-corrected chi connectivity index (χ4v) is 2.08. The normalized spacial score (nSPS) is 12.5. The van der Waals surface area contributed by atoms with Crippen LogP contribution >= 0.6 is 0 Å². The molecular weight excluding hydrogens is 273 g/mol. The summed E-state index contributed by atoms with van der Waals surface area (Å²) in [7, 11) is 1.66. The number of benzene rings is 1. The van der Waals surface area contributed by atoms with Crippen molar-refractivity contribution in [1.29, 1.82) is 0 Å². The maximum atomic E-state index is 13.1. The number of aryl methyl sites for hydroxylation is 2. The standard InChI is InChI=1S/C14H20FN5O/c1-11(16-7-9-21-2)14-17-18-19-20(14)8-6-12-4-3-5-13(15)10-12/h3-5,10-11,16H,6-9H2,1-2H3. The second-order valence-corrected chi connectivity index (χ2v) is 4.81. The zero-order chi connectivity index (χ0) is 15.1. The summed E-state index contributed by atoms with van der Waals surface area (Å²) >= 11 is 0. The summed E-state index contributed by atoms with van der Waals surface area (Å²) in [6, 6.07) is 6.61. The summed E-state index contributed by atoms with van der Waals surface area (Å²) in [5, 5.41) is 15.0. The van der Waals surface area contributed by atoms with Crippen molar-refractivity contribution >= 4 is 0 Å². The molecule has 0 amide bonds. The quantitative estimate of drug-likeness (QED) is 0.744. The fraction of sp³-hybridized carbons (Fsp3) is 0.500. The van der Waals surface area contributed by atoms with Crippen LogP contribution in [0.5, 0.6) is 0 Å². The third kappa shape index (κ3) is 4.57. The Balaban J connectivity index is 1.93. The molecule has 7 heteroatoms. The van der Waals surface area contributed by atoms with Crippen molar-refractivity contribution in [2.24, 2.45) is 0 Å². The molecule has 0 fully saturated rings. The molecule has 0 aliphatic rings. The molecule has 21 heavy (non-hydrogen) atoms. The lowest BCUT2D eigenvalue weighted by Gasteiger charge is -2.13. The van der Waals surface area contributed by atoms with Crippen LogP contribution in [0, 0.1) is 5.82 Å². The van der Waals surface area contributed by atoms with Gasteiger partial charge >= 0.3 is 0 Å². The lowest BCUT2D eigenvalue weighted by atomic mass is 10.1. The van der Waals surface area contributed by atoms with Gasteiger partial charge in [0.25, 0.3) is 0 Å². The molecule has 0 aliphatic carbocycles. The molecule has 0 bridgehead atoms. The number of nitrogens with zero attached hydrogens (tertiary/aromatic N) is 4. The number of methoxy groups -OCH3 is 1. The summed E-state index contributed by atoms with van der Waals surface area (Å²) in [6.07, 6.45) is 0.681. The number of hydrogen-bond donors (Lipinski definition) is 1. The van der Waals surface area contributed by atoms with E-state index >= 15 is 0 Å². The van der Waals surface area contributed by atoms with Gasteiger partial charge in [0.15, 0.2) is 5.82 Å². The Hall–Kier alpha value is -1.86. The summed E-state index contributed by atoms with van der Waals surface area (Å²) in [4.78, 5) is 0. The van der Waals surface area contributed by atoms with Gasteiger partial charge in [0, 0.05) is 20.2 Å². The summed E-state index contributed by atoms with van der Waals surface area (Å²) in [5.74, 6) is 0.543. The molecule has 0 saturated carbocycles. The molecule has 6 nitrogen and oxygen atoms in total. The van der Waals surface area contributed by atoms with E-state index < -0.39 is 0 Å². The van der Waals surface area contributed by atoms with Crippen LogP contribution in [0.3, 0.4) is 0 Å². The van der Waals surface area contributed by atoms with Crippen LogP contribution in [0.2, 0.25) is 0 Å². The minimum atomic E-state index is -0.223. The van der Waals surface area contributed by atoms with E-state index in [2.05, 4.69) is 20.8 Å². The lowest BCUT2D eigenvalue weighted by Crippen LogP contribution is -2.26. The SMILES string of the molecule is COCCNC(C)c1nnnn1CCc1cccc(F)c1.